The van der Waals surface area contributed by atoms with E-state index < -0.39 is 10.0 Å². The predicted octanol–water partition coefficient (Wildman–Crippen LogP) is 0.440. The van der Waals surface area contributed by atoms with E-state index in [4.69, 9.17) is 0 Å². The van der Waals surface area contributed by atoms with Crippen LogP contribution in [0.5, 0.6) is 0 Å². The number of hydrogen-bond acceptors (Lipinski definition) is 6. The zero-order chi connectivity index (χ0) is 17.9. The Hall–Kier alpha value is -1.91. The Balaban J connectivity index is 1.55. The van der Waals surface area contributed by atoms with E-state index in [9.17, 15) is 13.2 Å². The van der Waals surface area contributed by atoms with Crippen LogP contribution >= 0.6 is 11.8 Å². The largest absolute Gasteiger partial charge is 0.339 e. The summed E-state index contributed by atoms with van der Waals surface area (Å²) in [6, 6.07) is 8.37. The highest BCUT2D eigenvalue weighted by molar-refractivity contribution is 7.99. The molecule has 1 aliphatic rings. The summed E-state index contributed by atoms with van der Waals surface area (Å²) in [6.07, 6.45) is 1.58. The van der Waals surface area contributed by atoms with E-state index in [1.807, 2.05) is 7.05 Å². The molecule has 2 heterocycles. The topological polar surface area (TPSA) is 88.4 Å². The Kier molecular flexibility index (Phi) is 5.40. The molecule has 2 aromatic rings. The summed E-state index contributed by atoms with van der Waals surface area (Å²) in [7, 11) is -1.68. The Morgan fingerprint density at radius 1 is 1.16 bits per heavy atom. The first kappa shape index (κ1) is 17.9. The van der Waals surface area contributed by atoms with Crippen LogP contribution in [0.2, 0.25) is 0 Å². The highest BCUT2D eigenvalue weighted by atomic mass is 32.2. The van der Waals surface area contributed by atoms with Crippen LogP contribution < -0.4 is 0 Å². The maximum atomic E-state index is 12.6. The summed E-state index contributed by atoms with van der Waals surface area (Å²) in [5, 5.41) is 8.38. The monoisotopic (exact) mass is 381 g/mol. The van der Waals surface area contributed by atoms with E-state index in [2.05, 4.69) is 10.2 Å². The number of aryl methyl sites for hydroxylation is 1. The van der Waals surface area contributed by atoms with Gasteiger partial charge in [-0.25, -0.2) is 8.42 Å². The van der Waals surface area contributed by atoms with Gasteiger partial charge in [-0.3, -0.25) is 4.79 Å². The Bertz CT molecular complexity index is 830. The fourth-order valence-corrected chi connectivity index (χ4v) is 4.77. The minimum atomic E-state index is -3.50. The molecule has 8 nitrogen and oxygen atoms in total. The lowest BCUT2D eigenvalue weighted by Crippen LogP contribution is -2.50. The summed E-state index contributed by atoms with van der Waals surface area (Å²) in [4.78, 5) is 14.3. The number of aromatic nitrogens is 3. The van der Waals surface area contributed by atoms with Crippen LogP contribution in [0, 0.1) is 0 Å². The summed E-state index contributed by atoms with van der Waals surface area (Å²) >= 11 is 1.32. The van der Waals surface area contributed by atoms with Crippen molar-refractivity contribution in [1.29, 1.82) is 0 Å². The molecule has 3 rings (SSSR count). The van der Waals surface area contributed by atoms with Gasteiger partial charge in [0.15, 0.2) is 5.16 Å². The van der Waals surface area contributed by atoms with Crippen molar-refractivity contribution in [2.45, 2.75) is 10.1 Å². The van der Waals surface area contributed by atoms with E-state index in [0.717, 1.165) is 0 Å². The molecule has 0 aliphatic carbocycles. The zero-order valence-electron chi connectivity index (χ0n) is 13.8. The van der Waals surface area contributed by atoms with Gasteiger partial charge in [0.2, 0.25) is 15.9 Å². The smallest absolute Gasteiger partial charge is 0.243 e. The Labute approximate surface area is 150 Å². The number of benzene rings is 1. The first-order valence-electron chi connectivity index (χ1n) is 7.78. The van der Waals surface area contributed by atoms with E-state index in [-0.39, 0.29) is 16.6 Å². The molecule has 10 heteroatoms. The van der Waals surface area contributed by atoms with Gasteiger partial charge >= 0.3 is 0 Å². The lowest BCUT2D eigenvalue weighted by molar-refractivity contribution is -0.129. The third-order valence-corrected chi connectivity index (χ3v) is 6.90. The normalized spacial score (nSPS) is 16.1. The number of rotatable bonds is 5. The summed E-state index contributed by atoms with van der Waals surface area (Å²) < 4.78 is 28.4. The van der Waals surface area contributed by atoms with E-state index in [0.29, 0.717) is 31.3 Å². The molecule has 1 aromatic heterocycles. The van der Waals surface area contributed by atoms with Crippen molar-refractivity contribution in [2.75, 3.05) is 31.9 Å². The van der Waals surface area contributed by atoms with Crippen LogP contribution in [0.1, 0.15) is 0 Å². The van der Waals surface area contributed by atoms with Crippen LogP contribution in [-0.4, -0.2) is 70.2 Å². The molecule has 0 bridgehead atoms. The molecule has 1 fully saturated rings. The number of carbonyl (C=O) groups excluding carboxylic acids is 1. The van der Waals surface area contributed by atoms with Gasteiger partial charge in [-0.15, -0.1) is 10.2 Å². The van der Waals surface area contributed by atoms with Gasteiger partial charge < -0.3 is 9.47 Å². The van der Waals surface area contributed by atoms with Crippen molar-refractivity contribution in [3.63, 3.8) is 0 Å². The summed E-state index contributed by atoms with van der Waals surface area (Å²) in [6.45, 7) is 1.39. The van der Waals surface area contributed by atoms with Gasteiger partial charge in [-0.05, 0) is 12.1 Å². The van der Waals surface area contributed by atoms with Gasteiger partial charge in [0.25, 0.3) is 0 Å². The third-order valence-electron chi connectivity index (χ3n) is 3.97. The van der Waals surface area contributed by atoms with Crippen molar-refractivity contribution in [3.05, 3.63) is 36.7 Å². The SMILES string of the molecule is Cn1cnnc1SCC(=O)N1CCN(S(=O)(=O)c2ccccc2)CC1. The van der Waals surface area contributed by atoms with Crippen molar-refractivity contribution < 1.29 is 13.2 Å². The standard InChI is InChI=1S/C15H19N5O3S2/c1-18-12-16-17-15(18)24-11-14(21)19-7-9-20(10-8-19)25(22,23)13-5-3-2-4-6-13/h2-6,12H,7-11H2,1H3. The number of nitrogens with zero attached hydrogens (tertiary/aromatic N) is 5. The first-order chi connectivity index (χ1) is 12.0. The minimum absolute atomic E-state index is 0.0234. The van der Waals surface area contributed by atoms with Crippen LogP contribution in [-0.2, 0) is 21.9 Å². The molecule has 0 saturated carbocycles. The number of amides is 1. The van der Waals surface area contributed by atoms with Crippen molar-refractivity contribution in [1.82, 2.24) is 24.0 Å². The second kappa shape index (κ2) is 7.54. The van der Waals surface area contributed by atoms with Crippen LogP contribution in [0.3, 0.4) is 0 Å². The van der Waals surface area contributed by atoms with Crippen LogP contribution in [0.15, 0.2) is 46.7 Å². The van der Waals surface area contributed by atoms with E-state index in [1.165, 1.54) is 16.1 Å². The maximum Gasteiger partial charge on any atom is 0.243 e. The lowest BCUT2D eigenvalue weighted by Gasteiger charge is -2.34. The third kappa shape index (κ3) is 4.02. The molecule has 1 aliphatic heterocycles. The molecule has 0 N–H and O–H groups in total. The molecular weight excluding hydrogens is 362 g/mol. The highest BCUT2D eigenvalue weighted by Gasteiger charge is 2.29. The second-order valence-electron chi connectivity index (χ2n) is 5.61. The number of hydrogen-bond donors (Lipinski definition) is 0. The van der Waals surface area contributed by atoms with Gasteiger partial charge in [0.05, 0.1) is 10.6 Å². The van der Waals surface area contributed by atoms with Gasteiger partial charge in [-0.1, -0.05) is 30.0 Å². The van der Waals surface area contributed by atoms with Gasteiger partial charge in [0, 0.05) is 33.2 Å². The quantitative estimate of drug-likeness (QED) is 0.699. The minimum Gasteiger partial charge on any atom is -0.339 e. The van der Waals surface area contributed by atoms with E-state index in [1.54, 1.807) is 46.1 Å². The van der Waals surface area contributed by atoms with Crippen molar-refractivity contribution in [2.24, 2.45) is 7.05 Å². The average Bonchev–Trinajstić information content (AvgIpc) is 3.05. The van der Waals surface area contributed by atoms with Gasteiger partial charge in [0.1, 0.15) is 6.33 Å². The molecule has 1 amide bonds. The molecule has 25 heavy (non-hydrogen) atoms. The number of thioether (sulfide) groups is 1. The number of sulfonamides is 1. The van der Waals surface area contributed by atoms with Crippen LogP contribution in [0.4, 0.5) is 0 Å². The number of carbonyl (C=O) groups is 1. The molecule has 0 atom stereocenters. The Morgan fingerprint density at radius 3 is 2.44 bits per heavy atom. The highest BCUT2D eigenvalue weighted by Crippen LogP contribution is 2.19. The molecule has 0 radical (unpaired) electrons. The maximum absolute atomic E-state index is 12.6. The van der Waals surface area contributed by atoms with Gasteiger partial charge in [-0.2, -0.15) is 4.31 Å². The molecule has 1 aromatic carbocycles. The van der Waals surface area contributed by atoms with Crippen molar-refractivity contribution >= 4 is 27.7 Å². The van der Waals surface area contributed by atoms with E-state index >= 15 is 0 Å². The summed E-state index contributed by atoms with van der Waals surface area (Å²) in [5.74, 6) is 0.239. The molecular formula is C15H19N5O3S2. The molecule has 0 unspecified atom stereocenters. The second-order valence-corrected chi connectivity index (χ2v) is 8.49. The fraction of sp³-hybridized carbons (Fsp3) is 0.400. The molecule has 0 spiro atoms. The molecule has 1 saturated heterocycles. The fourth-order valence-electron chi connectivity index (χ4n) is 2.54. The zero-order valence-corrected chi connectivity index (χ0v) is 15.4. The first-order valence-corrected chi connectivity index (χ1v) is 10.2. The lowest BCUT2D eigenvalue weighted by atomic mass is 10.3. The van der Waals surface area contributed by atoms with Crippen LogP contribution in [0.25, 0.3) is 0 Å². The Morgan fingerprint density at radius 2 is 1.84 bits per heavy atom. The van der Waals surface area contributed by atoms with Crippen molar-refractivity contribution in [3.8, 4) is 0 Å². The average molecular weight is 381 g/mol. The molecule has 134 valence electrons. The summed E-state index contributed by atoms with van der Waals surface area (Å²) in [5.41, 5.74) is 0. The predicted molar refractivity (Wildman–Crippen MR) is 93.5 cm³/mol. The number of piperazine rings is 1.